The summed E-state index contributed by atoms with van der Waals surface area (Å²) >= 11 is 0. The first-order chi connectivity index (χ1) is 12.0. The summed E-state index contributed by atoms with van der Waals surface area (Å²) in [6, 6.07) is 0.975. The number of aliphatic hydroxyl groups excluding tert-OH is 1. The molecule has 0 spiro atoms. The molecule has 26 heavy (non-hydrogen) atoms. The Morgan fingerprint density at radius 2 is 2.08 bits per heavy atom. The molecule has 0 aliphatic carbocycles. The summed E-state index contributed by atoms with van der Waals surface area (Å²) in [5.41, 5.74) is -1.64. The van der Waals surface area contributed by atoms with E-state index in [0.717, 1.165) is 16.8 Å². The molecule has 4 atom stereocenters. The van der Waals surface area contributed by atoms with Gasteiger partial charge in [-0.25, -0.2) is 14.2 Å². The van der Waals surface area contributed by atoms with E-state index in [1.54, 1.807) is 0 Å². The van der Waals surface area contributed by atoms with Crippen molar-refractivity contribution in [1.29, 1.82) is 0 Å². The van der Waals surface area contributed by atoms with Gasteiger partial charge in [0.15, 0.2) is 18.1 Å². The van der Waals surface area contributed by atoms with E-state index < -0.39 is 61.9 Å². The molecule has 1 aromatic heterocycles. The number of carboxylic acid groups (broad SMARTS) is 1. The van der Waals surface area contributed by atoms with Gasteiger partial charge >= 0.3 is 19.5 Å². The maximum Gasteiger partial charge on any atom is 0.469 e. The predicted octanol–water partition coefficient (Wildman–Crippen LogP) is -2.11. The van der Waals surface area contributed by atoms with Gasteiger partial charge in [0.1, 0.15) is 12.2 Å². The van der Waals surface area contributed by atoms with E-state index in [0.29, 0.717) is 0 Å². The second-order valence-corrected chi connectivity index (χ2v) is 6.41. The third-order valence-electron chi connectivity index (χ3n) is 3.36. The molecule has 14 heteroatoms. The number of nitrogens with one attached hydrogen (secondary N) is 1. The van der Waals surface area contributed by atoms with E-state index in [-0.39, 0.29) is 0 Å². The van der Waals surface area contributed by atoms with Crippen LogP contribution in [0.1, 0.15) is 6.23 Å². The summed E-state index contributed by atoms with van der Waals surface area (Å²) in [4.78, 5) is 53.3. The van der Waals surface area contributed by atoms with Crippen LogP contribution in [0, 0.1) is 0 Å². The first-order valence-corrected chi connectivity index (χ1v) is 8.46. The number of aromatic nitrogens is 2. The number of aromatic amines is 1. The van der Waals surface area contributed by atoms with Gasteiger partial charge in [-0.1, -0.05) is 0 Å². The molecule has 1 aromatic rings. The molecule has 2 rings (SSSR count). The van der Waals surface area contributed by atoms with Crippen LogP contribution in [0.4, 0.5) is 0 Å². The number of phosphoric ester groups is 1. The second kappa shape index (κ2) is 7.53. The Hall–Kier alpha value is -2.28. The van der Waals surface area contributed by atoms with Crippen LogP contribution >= 0.6 is 7.82 Å². The van der Waals surface area contributed by atoms with Gasteiger partial charge in [0.25, 0.3) is 5.56 Å². The lowest BCUT2D eigenvalue weighted by molar-refractivity contribution is -0.139. The van der Waals surface area contributed by atoms with Crippen LogP contribution < -0.4 is 11.2 Å². The number of rotatable bonds is 7. The Morgan fingerprint density at radius 3 is 2.62 bits per heavy atom. The SMILES string of the molecule is C=C(O[C@H]1[C@@H](O)[C@H](n2ccc(=O)[nH]c2=O)O[C@@H]1COP(=O)(O)O)C(=O)O. The van der Waals surface area contributed by atoms with Gasteiger partial charge in [-0.15, -0.1) is 0 Å². The second-order valence-electron chi connectivity index (χ2n) is 5.17. The van der Waals surface area contributed by atoms with Crippen LogP contribution in [0.3, 0.4) is 0 Å². The topological polar surface area (TPSA) is 198 Å². The number of ether oxygens (including phenoxy) is 2. The summed E-state index contributed by atoms with van der Waals surface area (Å²) in [5.74, 6) is -2.31. The van der Waals surface area contributed by atoms with Gasteiger partial charge in [-0.05, 0) is 6.58 Å². The zero-order chi connectivity index (χ0) is 19.6. The molecule has 144 valence electrons. The van der Waals surface area contributed by atoms with E-state index in [9.17, 15) is 24.1 Å². The summed E-state index contributed by atoms with van der Waals surface area (Å²) in [7, 11) is -4.90. The van der Waals surface area contributed by atoms with Crippen molar-refractivity contribution in [2.45, 2.75) is 24.5 Å². The average Bonchev–Trinajstić information content (AvgIpc) is 2.81. The number of aliphatic hydroxyl groups is 1. The number of aliphatic carboxylic acids is 1. The first-order valence-electron chi connectivity index (χ1n) is 6.93. The molecular weight excluding hydrogens is 379 g/mol. The Balaban J connectivity index is 2.30. The Labute approximate surface area is 144 Å². The highest BCUT2D eigenvalue weighted by atomic mass is 31.2. The van der Waals surface area contributed by atoms with E-state index in [1.165, 1.54) is 0 Å². The Morgan fingerprint density at radius 1 is 1.42 bits per heavy atom. The zero-order valence-electron chi connectivity index (χ0n) is 12.9. The minimum Gasteiger partial charge on any atom is -0.478 e. The van der Waals surface area contributed by atoms with Gasteiger partial charge in [-0.3, -0.25) is 18.9 Å². The van der Waals surface area contributed by atoms with Crippen LogP contribution in [-0.4, -0.2) is 60.4 Å². The highest BCUT2D eigenvalue weighted by Gasteiger charge is 2.48. The van der Waals surface area contributed by atoms with Crippen molar-refractivity contribution in [3.05, 3.63) is 45.4 Å². The quantitative estimate of drug-likeness (QED) is 0.193. The number of carboxylic acids is 1. The van der Waals surface area contributed by atoms with Crippen molar-refractivity contribution in [2.75, 3.05) is 6.61 Å². The lowest BCUT2D eigenvalue weighted by Gasteiger charge is -2.21. The van der Waals surface area contributed by atoms with E-state index in [2.05, 4.69) is 11.1 Å². The van der Waals surface area contributed by atoms with Crippen LogP contribution in [0.15, 0.2) is 34.2 Å². The van der Waals surface area contributed by atoms with Crippen molar-refractivity contribution in [3.63, 3.8) is 0 Å². The summed E-state index contributed by atoms with van der Waals surface area (Å²) in [6.45, 7) is 2.34. The van der Waals surface area contributed by atoms with Gasteiger partial charge in [0.2, 0.25) is 0 Å². The number of phosphoric acid groups is 1. The molecule has 1 fully saturated rings. The molecular formula is C12H15N2O11P. The van der Waals surface area contributed by atoms with Gasteiger partial charge in [0, 0.05) is 12.3 Å². The minimum absolute atomic E-state index is 0.702. The summed E-state index contributed by atoms with van der Waals surface area (Å²) in [5, 5.41) is 19.2. The fourth-order valence-corrected chi connectivity index (χ4v) is 2.58. The highest BCUT2D eigenvalue weighted by molar-refractivity contribution is 7.46. The molecule has 2 heterocycles. The molecule has 1 aliphatic heterocycles. The van der Waals surface area contributed by atoms with Gasteiger partial charge < -0.3 is 29.5 Å². The van der Waals surface area contributed by atoms with Crippen molar-refractivity contribution in [3.8, 4) is 0 Å². The smallest absolute Gasteiger partial charge is 0.469 e. The number of H-pyrrole nitrogens is 1. The zero-order valence-corrected chi connectivity index (χ0v) is 13.8. The standard InChI is InChI=1S/C12H15N2O11P/c1-5(11(17)18)24-9-6(4-23-26(20,21)22)25-10(8(9)16)14-3-2-7(15)13-12(14)19/h2-3,6,8-10,16H,1,4H2,(H,17,18)(H,13,15,19)(H2,20,21,22)/t6-,8-,9-,10-/m1/s1. The number of hydrogen-bond donors (Lipinski definition) is 5. The van der Waals surface area contributed by atoms with Crippen LogP contribution in [0.2, 0.25) is 0 Å². The first kappa shape index (κ1) is 20.0. The highest BCUT2D eigenvalue weighted by Crippen LogP contribution is 2.39. The minimum atomic E-state index is -4.90. The molecule has 13 nitrogen and oxygen atoms in total. The molecule has 5 N–H and O–H groups in total. The number of hydrogen-bond acceptors (Lipinski definition) is 8. The third-order valence-corrected chi connectivity index (χ3v) is 3.84. The van der Waals surface area contributed by atoms with Crippen LogP contribution in [-0.2, 0) is 23.4 Å². The van der Waals surface area contributed by atoms with Crippen molar-refractivity contribution in [2.24, 2.45) is 0 Å². The molecule has 0 bridgehead atoms. The normalized spacial score (nSPS) is 25.8. The molecule has 1 aliphatic rings. The van der Waals surface area contributed by atoms with Gasteiger partial charge in [0.05, 0.1) is 6.61 Å². The van der Waals surface area contributed by atoms with E-state index in [4.69, 9.17) is 24.4 Å². The number of carbonyl (C=O) groups is 1. The van der Waals surface area contributed by atoms with Crippen molar-refractivity contribution < 1.29 is 43.4 Å². The maximum absolute atomic E-state index is 11.8. The summed E-state index contributed by atoms with van der Waals surface area (Å²) < 4.78 is 26.3. The summed E-state index contributed by atoms with van der Waals surface area (Å²) in [6.07, 6.45) is -4.92. The molecule has 1 saturated heterocycles. The molecule has 0 aromatic carbocycles. The largest absolute Gasteiger partial charge is 0.478 e. The van der Waals surface area contributed by atoms with Crippen molar-refractivity contribution >= 4 is 13.8 Å². The fourth-order valence-electron chi connectivity index (χ4n) is 2.24. The van der Waals surface area contributed by atoms with Gasteiger partial charge in [-0.2, -0.15) is 0 Å². The number of nitrogens with zero attached hydrogens (tertiary/aromatic N) is 1. The van der Waals surface area contributed by atoms with E-state index >= 15 is 0 Å². The monoisotopic (exact) mass is 394 g/mol. The Bertz CT molecular complexity index is 855. The van der Waals surface area contributed by atoms with Crippen LogP contribution in [0.25, 0.3) is 0 Å². The average molecular weight is 394 g/mol. The maximum atomic E-state index is 11.8. The molecule has 0 amide bonds. The van der Waals surface area contributed by atoms with E-state index in [1.807, 2.05) is 4.98 Å². The van der Waals surface area contributed by atoms with Crippen molar-refractivity contribution in [1.82, 2.24) is 9.55 Å². The molecule has 0 saturated carbocycles. The lowest BCUT2D eigenvalue weighted by atomic mass is 10.1. The lowest BCUT2D eigenvalue weighted by Crippen LogP contribution is -2.39. The predicted molar refractivity (Wildman–Crippen MR) is 80.9 cm³/mol. The molecule has 0 radical (unpaired) electrons. The third kappa shape index (κ3) is 4.66. The molecule has 0 unspecified atom stereocenters. The van der Waals surface area contributed by atoms with Crippen LogP contribution in [0.5, 0.6) is 0 Å². The Kier molecular flexibility index (Phi) is 5.81. The fraction of sp³-hybridized carbons (Fsp3) is 0.417.